The van der Waals surface area contributed by atoms with Crippen LogP contribution in [-0.2, 0) is 0 Å². The molecule has 1 aliphatic rings. The Hall–Kier alpha value is 1.16. The van der Waals surface area contributed by atoms with E-state index in [2.05, 4.69) is 0 Å². The van der Waals surface area contributed by atoms with Crippen LogP contribution in [0.1, 0.15) is 25.7 Å². The van der Waals surface area contributed by atoms with Gasteiger partial charge in [0, 0.05) is 10.8 Å². The van der Waals surface area contributed by atoms with Gasteiger partial charge in [0.05, 0.1) is 0 Å². The van der Waals surface area contributed by atoms with Gasteiger partial charge in [-0.1, -0.05) is 0 Å². The highest BCUT2D eigenvalue weighted by Gasteiger charge is 2.33. The van der Waals surface area contributed by atoms with E-state index in [1.165, 1.54) is 0 Å². The first-order valence-electron chi connectivity index (χ1n) is 3.65. The van der Waals surface area contributed by atoms with Crippen LogP contribution < -0.4 is 0 Å². The molecule has 0 aliphatic heterocycles. The van der Waals surface area contributed by atoms with E-state index in [1.54, 1.807) is 0 Å². The quantitative estimate of drug-likeness (QED) is 0.441. The zero-order valence-corrected chi connectivity index (χ0v) is 9.02. The minimum absolute atomic E-state index is 0.0775. The molecule has 0 N–H and O–H groups in total. The van der Waals surface area contributed by atoms with Gasteiger partial charge >= 0.3 is 0 Å². The van der Waals surface area contributed by atoms with Crippen molar-refractivity contribution in [1.82, 2.24) is 0 Å². The van der Waals surface area contributed by atoms with Gasteiger partial charge in [-0.3, -0.25) is 0 Å². The number of rotatable bonds is 0. The molecular weight excluding hydrogens is 226 g/mol. The van der Waals surface area contributed by atoms with E-state index in [0.29, 0.717) is 12.8 Å². The highest BCUT2D eigenvalue weighted by molar-refractivity contribution is 6.49. The molecule has 0 radical (unpaired) electrons. The highest BCUT2D eigenvalue weighted by atomic mass is 35.5. The molecule has 0 nitrogen and oxygen atoms in total. The van der Waals surface area contributed by atoms with Crippen LogP contribution in [0.2, 0.25) is 0 Å². The summed E-state index contributed by atoms with van der Waals surface area (Å²) in [5, 5.41) is 0.155. The fourth-order valence-electron chi connectivity index (χ4n) is 1.30. The second kappa shape index (κ2) is 3.91. The zero-order chi connectivity index (χ0) is 8.48. The zero-order valence-electron chi connectivity index (χ0n) is 5.99. The Balaban J connectivity index is 2.55. The Morgan fingerprint density at radius 3 is 1.64 bits per heavy atom. The van der Waals surface area contributed by atoms with E-state index in [4.69, 9.17) is 46.4 Å². The topological polar surface area (TPSA) is 0 Å². The summed E-state index contributed by atoms with van der Waals surface area (Å²) in [5.74, 6) is 0. The van der Waals surface area contributed by atoms with E-state index < -0.39 is 4.33 Å². The lowest BCUT2D eigenvalue weighted by molar-refractivity contribution is 0.662. The molecule has 1 fully saturated rings. The molecule has 0 heterocycles. The smallest absolute Gasteiger partial charge is 0.121 e. The third-order valence-electron chi connectivity index (χ3n) is 1.83. The number of hydrogen-bond donors (Lipinski definition) is 0. The molecule has 0 spiro atoms. The van der Waals surface area contributed by atoms with Crippen LogP contribution in [0.25, 0.3) is 0 Å². The molecule has 66 valence electrons. The van der Waals surface area contributed by atoms with Crippen molar-refractivity contribution in [3.63, 3.8) is 0 Å². The van der Waals surface area contributed by atoms with Gasteiger partial charge in [-0.15, -0.1) is 46.4 Å². The maximum atomic E-state index is 5.96. The molecule has 1 aliphatic carbocycles. The fourth-order valence-corrected chi connectivity index (χ4v) is 3.14. The van der Waals surface area contributed by atoms with Crippen LogP contribution in [0, 0.1) is 0 Å². The summed E-state index contributed by atoms with van der Waals surface area (Å²) < 4.78 is -0.713. The molecule has 4 heteroatoms. The second-order valence-corrected chi connectivity index (χ2v) is 5.91. The molecular formula is C7H10Cl4. The van der Waals surface area contributed by atoms with Crippen LogP contribution in [0.5, 0.6) is 0 Å². The lowest BCUT2D eigenvalue weighted by Gasteiger charge is -2.19. The van der Waals surface area contributed by atoms with E-state index in [0.717, 1.165) is 12.8 Å². The molecule has 1 rings (SSSR count). The van der Waals surface area contributed by atoms with Crippen molar-refractivity contribution >= 4 is 46.4 Å². The van der Waals surface area contributed by atoms with Gasteiger partial charge in [-0.2, -0.15) is 0 Å². The van der Waals surface area contributed by atoms with E-state index in [9.17, 15) is 0 Å². The van der Waals surface area contributed by atoms with Crippen LogP contribution in [-0.4, -0.2) is 15.1 Å². The van der Waals surface area contributed by atoms with Gasteiger partial charge in [0.25, 0.3) is 0 Å². The van der Waals surface area contributed by atoms with Gasteiger partial charge in [0.15, 0.2) is 0 Å². The molecule has 0 bridgehead atoms. The maximum absolute atomic E-state index is 5.96. The lowest BCUT2D eigenvalue weighted by Crippen LogP contribution is -2.18. The van der Waals surface area contributed by atoms with E-state index in [1.807, 2.05) is 0 Å². The van der Waals surface area contributed by atoms with Crippen molar-refractivity contribution in [3.05, 3.63) is 0 Å². The van der Waals surface area contributed by atoms with Crippen molar-refractivity contribution in [3.8, 4) is 0 Å². The van der Waals surface area contributed by atoms with E-state index >= 15 is 0 Å². The van der Waals surface area contributed by atoms with Crippen molar-refractivity contribution < 1.29 is 0 Å². The normalized spacial score (nSPS) is 38.2. The van der Waals surface area contributed by atoms with Crippen LogP contribution in [0.4, 0.5) is 0 Å². The van der Waals surface area contributed by atoms with Gasteiger partial charge in [-0.25, -0.2) is 0 Å². The third-order valence-corrected chi connectivity index (χ3v) is 3.20. The monoisotopic (exact) mass is 234 g/mol. The Morgan fingerprint density at radius 2 is 1.27 bits per heavy atom. The Bertz CT molecular complexity index is 120. The maximum Gasteiger partial charge on any atom is 0.121 e. The van der Waals surface area contributed by atoms with Crippen molar-refractivity contribution in [1.29, 1.82) is 0 Å². The predicted octanol–water partition coefficient (Wildman–Crippen LogP) is 3.95. The molecule has 2 atom stereocenters. The molecule has 0 saturated heterocycles. The summed E-state index contributed by atoms with van der Waals surface area (Å²) in [6, 6.07) is 0. The first kappa shape index (κ1) is 10.2. The molecule has 2 unspecified atom stereocenters. The average Bonchev–Trinajstić information content (AvgIpc) is 1.89. The molecule has 0 aromatic rings. The van der Waals surface area contributed by atoms with Gasteiger partial charge in [0.2, 0.25) is 0 Å². The highest BCUT2D eigenvalue weighted by Crippen LogP contribution is 2.40. The first-order chi connectivity index (χ1) is 4.99. The first-order valence-corrected chi connectivity index (χ1v) is 5.28. The second-order valence-electron chi connectivity index (χ2n) is 3.04. The lowest BCUT2D eigenvalue weighted by atomic mass is 10.2. The molecule has 1 saturated carbocycles. The van der Waals surface area contributed by atoms with Crippen molar-refractivity contribution in [2.75, 3.05) is 0 Å². The van der Waals surface area contributed by atoms with Crippen molar-refractivity contribution in [2.24, 2.45) is 0 Å². The van der Waals surface area contributed by atoms with Crippen LogP contribution in [0.3, 0.4) is 0 Å². The Kier molecular flexibility index (Phi) is 3.64. The Morgan fingerprint density at radius 1 is 0.909 bits per heavy atom. The summed E-state index contributed by atoms with van der Waals surface area (Å²) in [7, 11) is 0. The largest absolute Gasteiger partial charge is 0.123 e. The number of halogens is 4. The molecule has 11 heavy (non-hydrogen) atoms. The van der Waals surface area contributed by atoms with Gasteiger partial charge < -0.3 is 0 Å². The predicted molar refractivity (Wildman–Crippen MR) is 52.2 cm³/mol. The van der Waals surface area contributed by atoms with Gasteiger partial charge in [0.1, 0.15) is 4.33 Å². The minimum atomic E-state index is -0.713. The molecule has 0 amide bonds. The summed E-state index contributed by atoms with van der Waals surface area (Å²) in [6.07, 6.45) is 3.11. The van der Waals surface area contributed by atoms with E-state index in [-0.39, 0.29) is 10.8 Å². The summed E-state index contributed by atoms with van der Waals surface area (Å²) in [5.41, 5.74) is 0. The van der Waals surface area contributed by atoms with Crippen LogP contribution in [0.15, 0.2) is 0 Å². The standard InChI is InChI=1S/C7H10Cl4/c8-5-1-2-6(9)4-7(10,11)3-5/h5-6H,1-4H2. The van der Waals surface area contributed by atoms with Crippen molar-refractivity contribution in [2.45, 2.75) is 40.8 Å². The Labute approximate surface area is 87.1 Å². The fraction of sp³-hybridized carbons (Fsp3) is 1.00. The van der Waals surface area contributed by atoms with Gasteiger partial charge in [-0.05, 0) is 25.7 Å². The van der Waals surface area contributed by atoms with Crippen LogP contribution >= 0.6 is 46.4 Å². The average molecular weight is 236 g/mol. The summed E-state index contributed by atoms with van der Waals surface area (Å²) in [6.45, 7) is 0. The number of alkyl halides is 4. The minimum Gasteiger partial charge on any atom is -0.123 e. The molecule has 0 aromatic carbocycles. The summed E-state index contributed by atoms with van der Waals surface area (Å²) in [4.78, 5) is 0. The SMILES string of the molecule is ClC1CCC(Cl)CC(Cl)(Cl)C1. The molecule has 0 aromatic heterocycles. The third kappa shape index (κ3) is 3.59. The number of hydrogen-bond acceptors (Lipinski definition) is 0. The summed E-state index contributed by atoms with van der Waals surface area (Å²) >= 11 is 23.8.